The molecule has 3 aromatic carbocycles. The van der Waals surface area contributed by atoms with Gasteiger partial charge >= 0.3 is 0 Å². The maximum Gasteiger partial charge on any atom is 0.264 e. The highest BCUT2D eigenvalue weighted by atomic mass is 32.2. The third-order valence-electron chi connectivity index (χ3n) is 6.53. The number of likely N-dealkylation sites (N-methyl/N-ethyl adjacent to an activating group) is 1. The summed E-state index contributed by atoms with van der Waals surface area (Å²) in [5, 5.41) is 0.789. The van der Waals surface area contributed by atoms with Crippen LogP contribution in [0.25, 0.3) is 22.0 Å². The summed E-state index contributed by atoms with van der Waals surface area (Å²) >= 11 is 0. The molecule has 0 amide bonds. The van der Waals surface area contributed by atoms with Crippen molar-refractivity contribution in [3.63, 3.8) is 0 Å². The first-order valence-corrected chi connectivity index (χ1v) is 13.4. The van der Waals surface area contributed by atoms with Gasteiger partial charge in [-0.3, -0.25) is 14.6 Å². The van der Waals surface area contributed by atoms with Crippen LogP contribution in [0.5, 0.6) is 0 Å². The van der Waals surface area contributed by atoms with Crippen molar-refractivity contribution in [2.75, 3.05) is 37.9 Å². The standard InChI is InChI=1S/C28H30N4O2S/c1-31-17-4-18-32(20-19-31)21-22-8-10-23(11-9-22)24-12-14-26(15-13-24)30-35(33,34)27-7-2-5-25-6-3-16-29-28(25)27/h2-3,5-16,30H,4,17-21H2,1H3. The number of anilines is 1. The number of para-hydroxylation sites is 1. The molecular formula is C28H30N4O2S. The van der Waals surface area contributed by atoms with Gasteiger partial charge in [-0.2, -0.15) is 0 Å². The molecule has 0 saturated carbocycles. The topological polar surface area (TPSA) is 65.5 Å². The van der Waals surface area contributed by atoms with Crippen LogP contribution in [0, 0.1) is 0 Å². The zero-order chi connectivity index (χ0) is 24.3. The lowest BCUT2D eigenvalue weighted by Gasteiger charge is -2.20. The molecule has 0 unspecified atom stereocenters. The van der Waals surface area contributed by atoms with Crippen molar-refractivity contribution in [2.24, 2.45) is 0 Å². The molecule has 35 heavy (non-hydrogen) atoms. The molecular weight excluding hydrogens is 456 g/mol. The van der Waals surface area contributed by atoms with Gasteiger partial charge in [-0.1, -0.05) is 54.6 Å². The molecule has 7 heteroatoms. The Morgan fingerprint density at radius 1 is 0.829 bits per heavy atom. The SMILES string of the molecule is CN1CCCN(Cc2ccc(-c3ccc(NS(=O)(=O)c4cccc5cccnc45)cc3)cc2)CC1. The minimum atomic E-state index is -3.76. The van der Waals surface area contributed by atoms with E-state index in [1.807, 2.05) is 24.3 Å². The summed E-state index contributed by atoms with van der Waals surface area (Å²) in [4.78, 5) is 9.36. The number of pyridine rings is 1. The van der Waals surface area contributed by atoms with Gasteiger partial charge in [0.15, 0.2) is 0 Å². The summed E-state index contributed by atoms with van der Waals surface area (Å²) in [6, 6.07) is 25.0. The summed E-state index contributed by atoms with van der Waals surface area (Å²) in [7, 11) is -1.57. The van der Waals surface area contributed by atoms with Gasteiger partial charge in [0.05, 0.1) is 5.52 Å². The van der Waals surface area contributed by atoms with Crippen LogP contribution in [0.1, 0.15) is 12.0 Å². The Hall–Kier alpha value is -3.26. The van der Waals surface area contributed by atoms with Crippen LogP contribution in [0.3, 0.4) is 0 Å². The Balaban J connectivity index is 1.27. The van der Waals surface area contributed by atoms with E-state index in [4.69, 9.17) is 0 Å². The second-order valence-electron chi connectivity index (χ2n) is 9.14. The summed E-state index contributed by atoms with van der Waals surface area (Å²) in [6.45, 7) is 5.49. The minimum absolute atomic E-state index is 0.173. The van der Waals surface area contributed by atoms with Crippen LogP contribution in [0.15, 0.2) is 90.0 Å². The van der Waals surface area contributed by atoms with Crippen molar-refractivity contribution in [2.45, 2.75) is 17.9 Å². The third kappa shape index (κ3) is 5.53. The Morgan fingerprint density at radius 2 is 1.54 bits per heavy atom. The summed E-state index contributed by atoms with van der Waals surface area (Å²) in [5.41, 5.74) is 4.45. The highest BCUT2D eigenvalue weighted by Crippen LogP contribution is 2.26. The van der Waals surface area contributed by atoms with Gasteiger partial charge in [-0.25, -0.2) is 8.42 Å². The number of sulfonamides is 1. The summed E-state index contributed by atoms with van der Waals surface area (Å²) < 4.78 is 28.8. The number of hydrogen-bond acceptors (Lipinski definition) is 5. The van der Waals surface area contributed by atoms with Crippen LogP contribution in [0.4, 0.5) is 5.69 Å². The molecule has 1 fully saturated rings. The monoisotopic (exact) mass is 486 g/mol. The van der Waals surface area contributed by atoms with E-state index in [-0.39, 0.29) is 4.90 Å². The molecule has 180 valence electrons. The highest BCUT2D eigenvalue weighted by Gasteiger charge is 2.18. The number of aromatic nitrogens is 1. The van der Waals surface area contributed by atoms with Crippen molar-refractivity contribution in [3.05, 3.63) is 90.6 Å². The predicted molar refractivity (Wildman–Crippen MR) is 142 cm³/mol. The van der Waals surface area contributed by atoms with E-state index in [1.54, 1.807) is 36.5 Å². The largest absolute Gasteiger partial charge is 0.305 e. The summed E-state index contributed by atoms with van der Waals surface area (Å²) in [6.07, 6.45) is 2.82. The average Bonchev–Trinajstić information content (AvgIpc) is 3.08. The van der Waals surface area contributed by atoms with E-state index in [9.17, 15) is 8.42 Å². The number of nitrogens with zero attached hydrogens (tertiary/aromatic N) is 3. The molecule has 2 heterocycles. The number of hydrogen-bond donors (Lipinski definition) is 1. The van der Waals surface area contributed by atoms with E-state index in [0.717, 1.165) is 42.7 Å². The Bertz CT molecular complexity index is 1400. The van der Waals surface area contributed by atoms with Crippen molar-refractivity contribution < 1.29 is 8.42 Å². The lowest BCUT2D eigenvalue weighted by Crippen LogP contribution is -2.28. The molecule has 1 saturated heterocycles. The second kappa shape index (κ2) is 10.2. The van der Waals surface area contributed by atoms with Gasteiger partial charge in [-0.15, -0.1) is 0 Å². The first-order valence-electron chi connectivity index (χ1n) is 11.9. The second-order valence-corrected chi connectivity index (χ2v) is 10.8. The van der Waals surface area contributed by atoms with E-state index in [2.05, 4.69) is 50.8 Å². The van der Waals surface area contributed by atoms with Gasteiger partial charge in [0.2, 0.25) is 0 Å². The quantitative estimate of drug-likeness (QED) is 0.423. The third-order valence-corrected chi connectivity index (χ3v) is 7.94. The molecule has 0 bridgehead atoms. The Morgan fingerprint density at radius 3 is 2.31 bits per heavy atom. The van der Waals surface area contributed by atoms with E-state index in [1.165, 1.54) is 18.5 Å². The van der Waals surface area contributed by atoms with Crippen LogP contribution in [-0.4, -0.2) is 56.4 Å². The minimum Gasteiger partial charge on any atom is -0.305 e. The fourth-order valence-corrected chi connectivity index (χ4v) is 5.79. The van der Waals surface area contributed by atoms with Crippen molar-refractivity contribution in [1.29, 1.82) is 0 Å². The van der Waals surface area contributed by atoms with Crippen LogP contribution in [0.2, 0.25) is 0 Å². The van der Waals surface area contributed by atoms with Crippen molar-refractivity contribution in [3.8, 4) is 11.1 Å². The van der Waals surface area contributed by atoms with Gasteiger partial charge < -0.3 is 4.90 Å². The first kappa shape index (κ1) is 23.5. The Labute approximate surface area is 207 Å². The number of fused-ring (bicyclic) bond motifs is 1. The molecule has 6 nitrogen and oxygen atoms in total. The van der Waals surface area contributed by atoms with Gasteiger partial charge in [0.25, 0.3) is 10.0 Å². The number of benzene rings is 3. The molecule has 0 spiro atoms. The molecule has 4 aromatic rings. The zero-order valence-electron chi connectivity index (χ0n) is 19.9. The van der Waals surface area contributed by atoms with E-state index in [0.29, 0.717) is 11.2 Å². The van der Waals surface area contributed by atoms with Crippen LogP contribution < -0.4 is 4.72 Å². The summed E-state index contributed by atoms with van der Waals surface area (Å²) in [5.74, 6) is 0. The molecule has 1 aliphatic rings. The first-order chi connectivity index (χ1) is 17.0. The Kier molecular flexibility index (Phi) is 6.81. The predicted octanol–water partition coefficient (Wildman–Crippen LogP) is 4.84. The fourth-order valence-electron chi connectivity index (χ4n) is 4.55. The highest BCUT2D eigenvalue weighted by molar-refractivity contribution is 7.93. The lowest BCUT2D eigenvalue weighted by atomic mass is 10.0. The van der Waals surface area contributed by atoms with E-state index >= 15 is 0 Å². The maximum atomic E-state index is 13.1. The molecule has 5 rings (SSSR count). The molecule has 0 aliphatic carbocycles. The maximum absolute atomic E-state index is 13.1. The smallest absolute Gasteiger partial charge is 0.264 e. The molecule has 0 radical (unpaired) electrons. The van der Waals surface area contributed by atoms with E-state index < -0.39 is 10.0 Å². The van der Waals surface area contributed by atoms with Crippen LogP contribution >= 0.6 is 0 Å². The van der Waals surface area contributed by atoms with Gasteiger partial charge in [0, 0.05) is 36.9 Å². The van der Waals surface area contributed by atoms with Gasteiger partial charge in [0.1, 0.15) is 4.90 Å². The normalized spacial score (nSPS) is 15.7. The fraction of sp³-hybridized carbons (Fsp3) is 0.250. The van der Waals surface area contributed by atoms with Gasteiger partial charge in [-0.05, 0) is 67.5 Å². The molecule has 1 aromatic heterocycles. The number of rotatable bonds is 6. The molecule has 1 aliphatic heterocycles. The van der Waals surface area contributed by atoms with Crippen LogP contribution in [-0.2, 0) is 16.6 Å². The zero-order valence-corrected chi connectivity index (χ0v) is 20.7. The molecule has 1 N–H and O–H groups in total. The average molecular weight is 487 g/mol. The number of nitrogens with one attached hydrogen (secondary N) is 1. The van der Waals surface area contributed by atoms with Crippen molar-refractivity contribution >= 4 is 26.6 Å². The van der Waals surface area contributed by atoms with Crippen molar-refractivity contribution in [1.82, 2.24) is 14.8 Å². The molecule has 0 atom stereocenters. The lowest BCUT2D eigenvalue weighted by molar-refractivity contribution is 0.269.